The van der Waals surface area contributed by atoms with Gasteiger partial charge in [0.15, 0.2) is 0 Å². The Morgan fingerprint density at radius 2 is 1.82 bits per heavy atom. The van der Waals surface area contributed by atoms with Crippen LogP contribution in [0.15, 0.2) is 24.3 Å². The summed E-state index contributed by atoms with van der Waals surface area (Å²) < 4.78 is 12.8. The minimum absolute atomic E-state index is 0.132. The van der Waals surface area contributed by atoms with E-state index in [1.54, 1.807) is 12.1 Å². The second-order valence-corrected chi connectivity index (χ2v) is 5.62. The highest BCUT2D eigenvalue weighted by molar-refractivity contribution is 5.23. The van der Waals surface area contributed by atoms with Crippen LogP contribution in [0.5, 0.6) is 0 Å². The molecule has 0 spiro atoms. The zero-order valence-corrected chi connectivity index (χ0v) is 10.2. The minimum Gasteiger partial charge on any atom is -0.314 e. The second-order valence-electron chi connectivity index (χ2n) is 5.62. The SMILES string of the molecule is Fc1ccc(C2CC(NCC3CCC3)C2)cc1. The van der Waals surface area contributed by atoms with E-state index in [4.69, 9.17) is 0 Å². The average Bonchev–Trinajstić information content (AvgIpc) is 2.21. The Labute approximate surface area is 102 Å². The summed E-state index contributed by atoms with van der Waals surface area (Å²) in [6, 6.07) is 7.71. The van der Waals surface area contributed by atoms with Gasteiger partial charge in [-0.05, 0) is 61.8 Å². The molecule has 0 amide bonds. The molecule has 3 rings (SSSR count). The molecule has 1 nitrogen and oxygen atoms in total. The zero-order valence-electron chi connectivity index (χ0n) is 10.2. The first-order valence-electron chi connectivity index (χ1n) is 6.80. The third-order valence-corrected chi connectivity index (χ3v) is 4.40. The summed E-state index contributed by atoms with van der Waals surface area (Å²) in [5, 5.41) is 3.66. The van der Waals surface area contributed by atoms with Crippen molar-refractivity contribution >= 4 is 0 Å². The lowest BCUT2D eigenvalue weighted by Gasteiger charge is -2.38. The molecule has 0 radical (unpaired) electrons. The monoisotopic (exact) mass is 233 g/mol. The third-order valence-electron chi connectivity index (χ3n) is 4.40. The molecule has 2 aliphatic carbocycles. The molecule has 2 aliphatic rings. The van der Waals surface area contributed by atoms with E-state index in [-0.39, 0.29) is 5.82 Å². The fourth-order valence-electron chi connectivity index (χ4n) is 2.82. The van der Waals surface area contributed by atoms with E-state index in [1.807, 2.05) is 12.1 Å². The van der Waals surface area contributed by atoms with Crippen LogP contribution in [0.2, 0.25) is 0 Å². The van der Waals surface area contributed by atoms with E-state index in [0.717, 1.165) is 5.92 Å². The fraction of sp³-hybridized carbons (Fsp3) is 0.600. The van der Waals surface area contributed by atoms with Crippen LogP contribution in [0.3, 0.4) is 0 Å². The Balaban J connectivity index is 1.42. The molecule has 17 heavy (non-hydrogen) atoms. The van der Waals surface area contributed by atoms with E-state index in [1.165, 1.54) is 44.2 Å². The van der Waals surface area contributed by atoms with Crippen LogP contribution in [-0.2, 0) is 0 Å². The molecule has 92 valence electrons. The molecule has 2 heteroatoms. The highest BCUT2D eigenvalue weighted by Gasteiger charge is 2.30. The first kappa shape index (κ1) is 11.2. The average molecular weight is 233 g/mol. The Morgan fingerprint density at radius 3 is 2.41 bits per heavy atom. The highest BCUT2D eigenvalue weighted by Crippen LogP contribution is 2.37. The third kappa shape index (κ3) is 2.52. The molecule has 1 N–H and O–H groups in total. The highest BCUT2D eigenvalue weighted by atomic mass is 19.1. The van der Waals surface area contributed by atoms with Crippen LogP contribution < -0.4 is 5.32 Å². The molecule has 0 unspecified atom stereocenters. The van der Waals surface area contributed by atoms with Crippen molar-refractivity contribution in [3.63, 3.8) is 0 Å². The molecule has 0 bridgehead atoms. The van der Waals surface area contributed by atoms with Gasteiger partial charge in [-0.15, -0.1) is 0 Å². The van der Waals surface area contributed by atoms with Crippen LogP contribution in [0.4, 0.5) is 4.39 Å². The number of halogens is 1. The minimum atomic E-state index is -0.132. The first-order valence-corrected chi connectivity index (χ1v) is 6.80. The van der Waals surface area contributed by atoms with E-state index >= 15 is 0 Å². The van der Waals surface area contributed by atoms with Gasteiger partial charge in [0.05, 0.1) is 0 Å². The normalized spacial score (nSPS) is 28.5. The fourth-order valence-corrected chi connectivity index (χ4v) is 2.82. The summed E-state index contributed by atoms with van der Waals surface area (Å²) in [6.45, 7) is 1.21. The van der Waals surface area contributed by atoms with Crippen molar-refractivity contribution in [1.82, 2.24) is 5.32 Å². The van der Waals surface area contributed by atoms with Crippen LogP contribution in [0, 0.1) is 11.7 Å². The van der Waals surface area contributed by atoms with Gasteiger partial charge in [-0.25, -0.2) is 4.39 Å². The van der Waals surface area contributed by atoms with Crippen molar-refractivity contribution in [2.45, 2.75) is 44.1 Å². The van der Waals surface area contributed by atoms with Crippen LogP contribution in [0.1, 0.15) is 43.6 Å². The predicted octanol–water partition coefficient (Wildman–Crippen LogP) is 3.46. The molecular formula is C15H20FN. The summed E-state index contributed by atoms with van der Waals surface area (Å²) in [5.41, 5.74) is 1.30. The van der Waals surface area contributed by atoms with E-state index in [9.17, 15) is 4.39 Å². The quantitative estimate of drug-likeness (QED) is 0.839. The summed E-state index contributed by atoms with van der Waals surface area (Å²) in [6.07, 6.45) is 6.70. The zero-order chi connectivity index (χ0) is 11.7. The molecule has 0 aromatic heterocycles. The van der Waals surface area contributed by atoms with Crippen molar-refractivity contribution in [3.05, 3.63) is 35.6 Å². The predicted molar refractivity (Wildman–Crippen MR) is 67.5 cm³/mol. The standard InChI is InChI=1S/C15H20FN/c16-14-6-4-12(5-7-14)13-8-15(9-13)17-10-11-2-1-3-11/h4-7,11,13,15,17H,1-3,8-10H2. The Kier molecular flexibility index (Phi) is 3.15. The molecule has 2 saturated carbocycles. The Hall–Kier alpha value is -0.890. The molecular weight excluding hydrogens is 213 g/mol. The van der Waals surface area contributed by atoms with Gasteiger partial charge in [-0.1, -0.05) is 18.6 Å². The van der Waals surface area contributed by atoms with Gasteiger partial charge in [-0.2, -0.15) is 0 Å². The molecule has 1 aromatic carbocycles. The van der Waals surface area contributed by atoms with Crippen molar-refractivity contribution in [3.8, 4) is 0 Å². The number of rotatable bonds is 4. The molecule has 1 aromatic rings. The summed E-state index contributed by atoms with van der Waals surface area (Å²) in [5.74, 6) is 1.46. The first-order chi connectivity index (χ1) is 8.31. The molecule has 0 aliphatic heterocycles. The largest absolute Gasteiger partial charge is 0.314 e. The summed E-state index contributed by atoms with van der Waals surface area (Å²) in [7, 11) is 0. The lowest BCUT2D eigenvalue weighted by atomic mass is 9.75. The van der Waals surface area contributed by atoms with Gasteiger partial charge in [0.25, 0.3) is 0 Å². The van der Waals surface area contributed by atoms with Gasteiger partial charge in [0.2, 0.25) is 0 Å². The van der Waals surface area contributed by atoms with Gasteiger partial charge < -0.3 is 5.32 Å². The van der Waals surface area contributed by atoms with Gasteiger partial charge in [0, 0.05) is 6.04 Å². The number of hydrogen-bond donors (Lipinski definition) is 1. The van der Waals surface area contributed by atoms with Crippen LogP contribution in [-0.4, -0.2) is 12.6 Å². The molecule has 0 atom stereocenters. The smallest absolute Gasteiger partial charge is 0.123 e. The van der Waals surface area contributed by atoms with Gasteiger partial charge in [0.1, 0.15) is 5.82 Å². The van der Waals surface area contributed by atoms with Gasteiger partial charge in [-0.3, -0.25) is 0 Å². The molecule has 0 heterocycles. The van der Waals surface area contributed by atoms with Gasteiger partial charge >= 0.3 is 0 Å². The molecule has 0 saturated heterocycles. The van der Waals surface area contributed by atoms with Crippen LogP contribution in [0.25, 0.3) is 0 Å². The Bertz CT molecular complexity index is 363. The topological polar surface area (TPSA) is 12.0 Å². The van der Waals surface area contributed by atoms with E-state index in [0.29, 0.717) is 12.0 Å². The lowest BCUT2D eigenvalue weighted by Crippen LogP contribution is -2.43. The maximum Gasteiger partial charge on any atom is 0.123 e. The maximum absolute atomic E-state index is 12.8. The van der Waals surface area contributed by atoms with E-state index in [2.05, 4.69) is 5.32 Å². The maximum atomic E-state index is 12.8. The summed E-state index contributed by atoms with van der Waals surface area (Å²) in [4.78, 5) is 0. The number of hydrogen-bond acceptors (Lipinski definition) is 1. The van der Waals surface area contributed by atoms with Crippen LogP contribution >= 0.6 is 0 Å². The molecule has 2 fully saturated rings. The number of benzene rings is 1. The summed E-state index contributed by atoms with van der Waals surface area (Å²) >= 11 is 0. The lowest BCUT2D eigenvalue weighted by molar-refractivity contribution is 0.237. The number of nitrogens with one attached hydrogen (secondary N) is 1. The Morgan fingerprint density at radius 1 is 1.12 bits per heavy atom. The van der Waals surface area contributed by atoms with Crippen molar-refractivity contribution < 1.29 is 4.39 Å². The van der Waals surface area contributed by atoms with Crippen molar-refractivity contribution in [1.29, 1.82) is 0 Å². The second kappa shape index (κ2) is 4.77. The van der Waals surface area contributed by atoms with E-state index < -0.39 is 0 Å². The van der Waals surface area contributed by atoms with Crippen molar-refractivity contribution in [2.75, 3.05) is 6.54 Å². The van der Waals surface area contributed by atoms with Crippen molar-refractivity contribution in [2.24, 2.45) is 5.92 Å².